The zero-order valence-corrected chi connectivity index (χ0v) is 12.4. The van der Waals surface area contributed by atoms with Crippen molar-refractivity contribution in [3.63, 3.8) is 0 Å². The average molecular weight is 248 g/mol. The molecule has 0 amide bonds. The molecule has 1 heterocycles. The van der Waals surface area contributed by atoms with Crippen molar-refractivity contribution in [1.82, 2.24) is 10.3 Å². The van der Waals surface area contributed by atoms with E-state index >= 15 is 0 Å². The molecule has 0 radical (unpaired) electrons. The van der Waals surface area contributed by atoms with E-state index in [-0.39, 0.29) is 0 Å². The molecule has 18 heavy (non-hydrogen) atoms. The molecule has 1 unspecified atom stereocenters. The summed E-state index contributed by atoms with van der Waals surface area (Å²) in [6, 6.07) is 4.57. The lowest BCUT2D eigenvalue weighted by molar-refractivity contribution is 0.291. The van der Waals surface area contributed by atoms with Gasteiger partial charge in [0.05, 0.1) is 0 Å². The smallest absolute Gasteiger partial charge is 0.0293 e. The number of rotatable bonds is 8. The van der Waals surface area contributed by atoms with E-state index in [4.69, 9.17) is 0 Å². The Balaban J connectivity index is 2.35. The molecule has 0 aliphatic carbocycles. The monoisotopic (exact) mass is 248 g/mol. The molecule has 0 aliphatic heterocycles. The van der Waals surface area contributed by atoms with Crippen molar-refractivity contribution in [3.05, 3.63) is 30.1 Å². The number of aromatic nitrogens is 1. The number of hydrogen-bond donors (Lipinski definition) is 1. The summed E-state index contributed by atoms with van der Waals surface area (Å²) >= 11 is 0. The summed E-state index contributed by atoms with van der Waals surface area (Å²) in [5, 5.41) is 3.64. The van der Waals surface area contributed by atoms with E-state index in [2.05, 4.69) is 50.1 Å². The van der Waals surface area contributed by atoms with Crippen LogP contribution in [-0.2, 0) is 0 Å². The van der Waals surface area contributed by atoms with Crippen LogP contribution in [-0.4, -0.2) is 11.5 Å². The van der Waals surface area contributed by atoms with Gasteiger partial charge in [-0.3, -0.25) is 4.98 Å². The highest BCUT2D eigenvalue weighted by molar-refractivity contribution is 5.13. The summed E-state index contributed by atoms with van der Waals surface area (Å²) in [7, 11) is 0. The molecule has 2 heteroatoms. The Morgan fingerprint density at radius 3 is 2.50 bits per heavy atom. The molecule has 1 aromatic rings. The van der Waals surface area contributed by atoms with Gasteiger partial charge in [-0.25, -0.2) is 0 Å². The Labute approximate surface area is 112 Å². The van der Waals surface area contributed by atoms with Crippen molar-refractivity contribution in [2.24, 2.45) is 5.41 Å². The number of hydrogen-bond acceptors (Lipinski definition) is 2. The molecule has 0 fully saturated rings. The zero-order valence-electron chi connectivity index (χ0n) is 12.4. The van der Waals surface area contributed by atoms with Crippen molar-refractivity contribution >= 4 is 0 Å². The standard InChI is InChI=1S/C16H28N2/c1-5-6-7-10-16(3,4)13-18-14(2)15-8-11-17-12-9-15/h8-9,11-12,14,18H,5-7,10,13H2,1-4H3. The second-order valence-corrected chi connectivity index (χ2v) is 6.00. The summed E-state index contributed by atoms with van der Waals surface area (Å²) in [4.78, 5) is 4.06. The predicted molar refractivity (Wildman–Crippen MR) is 78.6 cm³/mol. The van der Waals surface area contributed by atoms with Crippen molar-refractivity contribution in [2.45, 2.75) is 59.4 Å². The van der Waals surface area contributed by atoms with Crippen LogP contribution in [0, 0.1) is 5.41 Å². The highest BCUT2D eigenvalue weighted by atomic mass is 14.9. The maximum Gasteiger partial charge on any atom is 0.0293 e. The minimum atomic E-state index is 0.385. The molecule has 0 aromatic carbocycles. The first-order valence-corrected chi connectivity index (χ1v) is 7.18. The highest BCUT2D eigenvalue weighted by Crippen LogP contribution is 2.24. The molecule has 1 rings (SSSR count). The Morgan fingerprint density at radius 1 is 1.22 bits per heavy atom. The van der Waals surface area contributed by atoms with Gasteiger partial charge in [-0.1, -0.05) is 40.0 Å². The van der Waals surface area contributed by atoms with Crippen LogP contribution in [0.15, 0.2) is 24.5 Å². The van der Waals surface area contributed by atoms with Crippen LogP contribution in [0.1, 0.15) is 65.0 Å². The summed E-state index contributed by atoms with van der Waals surface area (Å²) < 4.78 is 0. The van der Waals surface area contributed by atoms with E-state index in [0.717, 1.165) is 6.54 Å². The Morgan fingerprint density at radius 2 is 1.89 bits per heavy atom. The van der Waals surface area contributed by atoms with Crippen LogP contribution in [0.5, 0.6) is 0 Å². The van der Waals surface area contributed by atoms with Crippen LogP contribution in [0.3, 0.4) is 0 Å². The predicted octanol–water partition coefficient (Wildman–Crippen LogP) is 4.34. The summed E-state index contributed by atoms with van der Waals surface area (Å²) in [6.07, 6.45) is 9.02. The van der Waals surface area contributed by atoms with E-state index in [0.29, 0.717) is 11.5 Å². The minimum Gasteiger partial charge on any atom is -0.310 e. The largest absolute Gasteiger partial charge is 0.310 e. The van der Waals surface area contributed by atoms with Crippen molar-refractivity contribution < 1.29 is 0 Å². The molecular formula is C16H28N2. The van der Waals surface area contributed by atoms with E-state index in [1.807, 2.05) is 12.4 Å². The highest BCUT2D eigenvalue weighted by Gasteiger charge is 2.18. The van der Waals surface area contributed by atoms with Gasteiger partial charge in [0.2, 0.25) is 0 Å². The third-order valence-corrected chi connectivity index (χ3v) is 3.55. The van der Waals surface area contributed by atoms with E-state index < -0.39 is 0 Å². The molecule has 0 aliphatic rings. The summed E-state index contributed by atoms with van der Waals surface area (Å²) in [6.45, 7) is 10.3. The van der Waals surface area contributed by atoms with Gasteiger partial charge in [0.15, 0.2) is 0 Å². The van der Waals surface area contributed by atoms with Gasteiger partial charge >= 0.3 is 0 Å². The fourth-order valence-corrected chi connectivity index (χ4v) is 2.14. The maximum absolute atomic E-state index is 4.06. The van der Waals surface area contributed by atoms with E-state index in [9.17, 15) is 0 Å². The molecule has 1 N–H and O–H groups in total. The lowest BCUT2D eigenvalue weighted by Crippen LogP contribution is -2.31. The molecule has 1 atom stereocenters. The summed E-state index contributed by atoms with van der Waals surface area (Å²) in [5.41, 5.74) is 1.70. The number of nitrogens with zero attached hydrogens (tertiary/aromatic N) is 1. The Hall–Kier alpha value is -0.890. The first-order valence-electron chi connectivity index (χ1n) is 7.18. The minimum absolute atomic E-state index is 0.385. The first kappa shape index (κ1) is 15.2. The first-order chi connectivity index (χ1) is 8.55. The van der Waals surface area contributed by atoms with Crippen LogP contribution in [0.2, 0.25) is 0 Å². The fraction of sp³-hybridized carbons (Fsp3) is 0.688. The average Bonchev–Trinajstić information content (AvgIpc) is 2.37. The number of pyridine rings is 1. The summed E-state index contributed by atoms with van der Waals surface area (Å²) in [5.74, 6) is 0. The third-order valence-electron chi connectivity index (χ3n) is 3.55. The van der Waals surface area contributed by atoms with Gasteiger partial charge in [-0.2, -0.15) is 0 Å². The van der Waals surface area contributed by atoms with Crippen molar-refractivity contribution in [1.29, 1.82) is 0 Å². The molecule has 2 nitrogen and oxygen atoms in total. The van der Waals surface area contributed by atoms with Gasteiger partial charge in [0.1, 0.15) is 0 Å². The zero-order chi connectivity index (χ0) is 13.4. The molecule has 0 spiro atoms. The second kappa shape index (κ2) is 7.52. The fourth-order valence-electron chi connectivity index (χ4n) is 2.14. The quantitative estimate of drug-likeness (QED) is 0.692. The Kier molecular flexibility index (Phi) is 6.34. The maximum atomic E-state index is 4.06. The molecule has 0 saturated carbocycles. The second-order valence-electron chi connectivity index (χ2n) is 6.00. The lowest BCUT2D eigenvalue weighted by Gasteiger charge is -2.27. The van der Waals surface area contributed by atoms with Crippen molar-refractivity contribution in [3.8, 4) is 0 Å². The number of nitrogens with one attached hydrogen (secondary N) is 1. The topological polar surface area (TPSA) is 24.9 Å². The number of unbranched alkanes of at least 4 members (excludes halogenated alkanes) is 2. The lowest BCUT2D eigenvalue weighted by atomic mass is 9.86. The Bertz CT molecular complexity index is 319. The van der Waals surface area contributed by atoms with Gasteiger partial charge in [0.25, 0.3) is 0 Å². The molecular weight excluding hydrogens is 220 g/mol. The van der Waals surface area contributed by atoms with Gasteiger partial charge in [-0.15, -0.1) is 0 Å². The van der Waals surface area contributed by atoms with Crippen molar-refractivity contribution in [2.75, 3.05) is 6.54 Å². The van der Waals surface area contributed by atoms with E-state index in [1.165, 1.54) is 31.2 Å². The SMILES string of the molecule is CCCCCC(C)(C)CNC(C)c1ccncc1. The van der Waals surface area contributed by atoms with Gasteiger partial charge < -0.3 is 5.32 Å². The molecule has 102 valence electrons. The van der Waals surface area contributed by atoms with Crippen LogP contribution in [0.4, 0.5) is 0 Å². The van der Waals surface area contributed by atoms with Crippen LogP contribution < -0.4 is 5.32 Å². The molecule has 1 aromatic heterocycles. The van der Waals surface area contributed by atoms with Gasteiger partial charge in [0, 0.05) is 25.0 Å². The molecule has 0 saturated heterocycles. The van der Waals surface area contributed by atoms with Gasteiger partial charge in [-0.05, 0) is 36.5 Å². The van der Waals surface area contributed by atoms with Crippen LogP contribution in [0.25, 0.3) is 0 Å². The normalized spacial score (nSPS) is 13.6. The van der Waals surface area contributed by atoms with Crippen LogP contribution >= 0.6 is 0 Å². The van der Waals surface area contributed by atoms with E-state index in [1.54, 1.807) is 0 Å². The third kappa shape index (κ3) is 5.63. The molecule has 0 bridgehead atoms.